The van der Waals surface area contributed by atoms with Gasteiger partial charge in [0.1, 0.15) is 0 Å². The van der Waals surface area contributed by atoms with E-state index in [1.807, 2.05) is 6.20 Å². The molecule has 0 unspecified atom stereocenters. The zero-order valence-electron chi connectivity index (χ0n) is 12.3. The van der Waals surface area contributed by atoms with Crippen LogP contribution in [-0.2, 0) is 17.9 Å². The van der Waals surface area contributed by atoms with E-state index >= 15 is 0 Å². The predicted molar refractivity (Wildman–Crippen MR) is 79.1 cm³/mol. The minimum atomic E-state index is 0.272. The molecule has 112 valence electrons. The molecule has 1 fully saturated rings. The van der Waals surface area contributed by atoms with Crippen LogP contribution in [0.25, 0.3) is 0 Å². The summed E-state index contributed by atoms with van der Waals surface area (Å²) in [6.07, 6.45) is 3.13. The fourth-order valence-corrected chi connectivity index (χ4v) is 4.15. The quantitative estimate of drug-likeness (QED) is 0.845. The number of aromatic nitrogens is 4. The monoisotopic (exact) mass is 305 g/mol. The van der Waals surface area contributed by atoms with Crippen molar-refractivity contribution < 1.29 is 4.74 Å². The van der Waals surface area contributed by atoms with Crippen molar-refractivity contribution in [2.45, 2.75) is 45.6 Å². The minimum Gasteiger partial charge on any atom is -0.370 e. The van der Waals surface area contributed by atoms with Gasteiger partial charge in [-0.3, -0.25) is 4.90 Å². The Morgan fingerprint density at radius 2 is 2.33 bits per heavy atom. The predicted octanol–water partition coefficient (Wildman–Crippen LogP) is 1.70. The number of fused-ring (bicyclic) bond motifs is 3. The first-order valence-corrected chi connectivity index (χ1v) is 8.18. The average Bonchev–Trinajstić information content (AvgIpc) is 3.06. The normalized spacial score (nSPS) is 25.6. The molecule has 0 aromatic carbocycles. The van der Waals surface area contributed by atoms with E-state index in [0.29, 0.717) is 6.61 Å². The molecule has 4 heterocycles. The second-order valence-corrected chi connectivity index (χ2v) is 7.25. The highest BCUT2D eigenvalue weighted by atomic mass is 32.1. The Morgan fingerprint density at radius 1 is 1.43 bits per heavy atom. The lowest BCUT2D eigenvalue weighted by atomic mass is 10.0. The highest BCUT2D eigenvalue weighted by Crippen LogP contribution is 2.31. The zero-order chi connectivity index (χ0) is 14.4. The maximum Gasteiger partial charge on any atom is 0.0930 e. The fourth-order valence-electron chi connectivity index (χ4n) is 3.32. The van der Waals surface area contributed by atoms with Crippen LogP contribution in [0.2, 0.25) is 0 Å². The number of thiazole rings is 1. The van der Waals surface area contributed by atoms with Crippen molar-refractivity contribution in [3.8, 4) is 0 Å². The van der Waals surface area contributed by atoms with Crippen LogP contribution in [0.1, 0.15) is 33.7 Å². The smallest absolute Gasteiger partial charge is 0.0930 e. The lowest BCUT2D eigenvalue weighted by molar-refractivity contribution is -0.0671. The van der Waals surface area contributed by atoms with Crippen molar-refractivity contribution in [3.63, 3.8) is 0 Å². The second-order valence-electron chi connectivity index (χ2n) is 5.85. The summed E-state index contributed by atoms with van der Waals surface area (Å²) < 4.78 is 8.01. The standard InChI is InChI=1S/C14H19N5OS/c1-9-12(16-10(2)21-9)6-18-4-3-14-13(7-18)19-11(8-20-14)5-15-17-19/h5,13-14H,3-4,6-8H2,1-2H3/t13-,14-/m0/s1. The topological polar surface area (TPSA) is 56.1 Å². The van der Waals surface area contributed by atoms with Crippen molar-refractivity contribution in [1.82, 2.24) is 24.9 Å². The van der Waals surface area contributed by atoms with Crippen LogP contribution in [0.3, 0.4) is 0 Å². The highest BCUT2D eigenvalue weighted by Gasteiger charge is 2.36. The number of piperidine rings is 1. The van der Waals surface area contributed by atoms with E-state index in [9.17, 15) is 0 Å². The minimum absolute atomic E-state index is 0.272. The molecule has 0 spiro atoms. The molecule has 0 bridgehead atoms. The van der Waals surface area contributed by atoms with E-state index in [1.54, 1.807) is 11.3 Å². The van der Waals surface area contributed by atoms with Gasteiger partial charge >= 0.3 is 0 Å². The lowest BCUT2D eigenvalue weighted by Gasteiger charge is -2.40. The molecule has 0 radical (unpaired) electrons. The van der Waals surface area contributed by atoms with Gasteiger partial charge in [0.2, 0.25) is 0 Å². The van der Waals surface area contributed by atoms with Crippen LogP contribution in [0.5, 0.6) is 0 Å². The lowest BCUT2D eigenvalue weighted by Crippen LogP contribution is -2.47. The van der Waals surface area contributed by atoms with Crippen LogP contribution in [0, 0.1) is 13.8 Å². The Balaban J connectivity index is 1.52. The van der Waals surface area contributed by atoms with Crippen molar-refractivity contribution in [2.75, 3.05) is 13.1 Å². The van der Waals surface area contributed by atoms with E-state index in [2.05, 4.69) is 38.7 Å². The van der Waals surface area contributed by atoms with E-state index in [-0.39, 0.29) is 12.1 Å². The summed E-state index contributed by atoms with van der Waals surface area (Å²) >= 11 is 1.78. The number of aryl methyl sites for hydroxylation is 2. The van der Waals surface area contributed by atoms with Gasteiger partial charge in [0, 0.05) is 24.5 Å². The van der Waals surface area contributed by atoms with E-state index in [0.717, 1.165) is 36.8 Å². The molecule has 1 saturated heterocycles. The van der Waals surface area contributed by atoms with Gasteiger partial charge < -0.3 is 4.74 Å². The Bertz CT molecular complexity index is 652. The van der Waals surface area contributed by atoms with Crippen molar-refractivity contribution in [2.24, 2.45) is 0 Å². The van der Waals surface area contributed by atoms with Crippen molar-refractivity contribution in [1.29, 1.82) is 0 Å². The SMILES string of the molecule is Cc1nc(CN2CC[C@@H]3OCc4cnnn4[C@H]3C2)c(C)s1. The maximum absolute atomic E-state index is 5.95. The first-order valence-electron chi connectivity index (χ1n) is 7.36. The van der Waals surface area contributed by atoms with Crippen molar-refractivity contribution in [3.05, 3.63) is 27.5 Å². The Hall–Kier alpha value is -1.31. The summed E-state index contributed by atoms with van der Waals surface area (Å²) in [5.74, 6) is 0. The Labute approximate surface area is 127 Å². The van der Waals surface area contributed by atoms with Crippen molar-refractivity contribution >= 4 is 11.3 Å². The van der Waals surface area contributed by atoms with Gasteiger partial charge in [-0.1, -0.05) is 5.21 Å². The third kappa shape index (κ3) is 2.39. The number of hydrogen-bond acceptors (Lipinski definition) is 6. The van der Waals surface area contributed by atoms with Gasteiger partial charge in [-0.25, -0.2) is 9.67 Å². The molecule has 21 heavy (non-hydrogen) atoms. The molecule has 0 N–H and O–H groups in total. The molecule has 0 saturated carbocycles. The molecule has 2 atom stereocenters. The van der Waals surface area contributed by atoms with E-state index < -0.39 is 0 Å². The van der Waals surface area contributed by atoms with Gasteiger partial charge in [-0.15, -0.1) is 16.4 Å². The number of ether oxygens (including phenoxy) is 1. The molecule has 2 aromatic rings. The molecule has 2 aliphatic heterocycles. The highest BCUT2D eigenvalue weighted by molar-refractivity contribution is 7.11. The molecule has 6 nitrogen and oxygen atoms in total. The molecule has 0 amide bonds. The first kappa shape index (κ1) is 13.4. The molecule has 7 heteroatoms. The van der Waals surface area contributed by atoms with Crippen LogP contribution >= 0.6 is 11.3 Å². The van der Waals surface area contributed by atoms with Gasteiger partial charge in [0.15, 0.2) is 0 Å². The number of likely N-dealkylation sites (tertiary alicyclic amines) is 1. The number of hydrogen-bond donors (Lipinski definition) is 0. The summed E-state index contributed by atoms with van der Waals surface area (Å²) in [5.41, 5.74) is 2.30. The van der Waals surface area contributed by atoms with Gasteiger partial charge in [-0.05, 0) is 20.3 Å². The summed E-state index contributed by atoms with van der Waals surface area (Å²) in [6, 6.07) is 0.282. The van der Waals surface area contributed by atoms with Crippen LogP contribution < -0.4 is 0 Å². The summed E-state index contributed by atoms with van der Waals surface area (Å²) in [4.78, 5) is 8.44. The molecule has 2 aliphatic rings. The Morgan fingerprint density at radius 3 is 3.14 bits per heavy atom. The number of nitrogens with zero attached hydrogens (tertiary/aromatic N) is 5. The van der Waals surface area contributed by atoms with Crippen LogP contribution in [-0.4, -0.2) is 44.1 Å². The molecule has 0 aliphatic carbocycles. The average molecular weight is 305 g/mol. The first-order chi connectivity index (χ1) is 10.2. The Kier molecular flexibility index (Phi) is 3.28. The third-order valence-electron chi connectivity index (χ3n) is 4.39. The fraction of sp³-hybridized carbons (Fsp3) is 0.643. The summed E-state index contributed by atoms with van der Waals surface area (Å²) in [6.45, 7) is 7.80. The van der Waals surface area contributed by atoms with Gasteiger partial charge in [0.25, 0.3) is 0 Å². The van der Waals surface area contributed by atoms with Gasteiger partial charge in [-0.2, -0.15) is 0 Å². The molecular formula is C14H19N5OS. The molecule has 4 rings (SSSR count). The van der Waals surface area contributed by atoms with E-state index in [1.165, 1.54) is 10.6 Å². The third-order valence-corrected chi connectivity index (χ3v) is 5.31. The number of rotatable bonds is 2. The molecule has 2 aromatic heterocycles. The van der Waals surface area contributed by atoms with E-state index in [4.69, 9.17) is 4.74 Å². The summed E-state index contributed by atoms with van der Waals surface area (Å²) in [7, 11) is 0. The molecular weight excluding hydrogens is 286 g/mol. The van der Waals surface area contributed by atoms with Crippen LogP contribution in [0.4, 0.5) is 0 Å². The second kappa shape index (κ2) is 5.15. The van der Waals surface area contributed by atoms with Crippen LogP contribution in [0.15, 0.2) is 6.20 Å². The summed E-state index contributed by atoms with van der Waals surface area (Å²) in [5, 5.41) is 9.43. The zero-order valence-corrected chi connectivity index (χ0v) is 13.1. The largest absolute Gasteiger partial charge is 0.370 e. The maximum atomic E-state index is 5.95. The van der Waals surface area contributed by atoms with Gasteiger partial charge in [0.05, 0.1) is 41.3 Å².